The SMILES string of the molecule is CS(=O)(=O)c1ccc(Oc2cccnc2)c(S(C)(=O)=O)c1. The molecule has 0 aliphatic heterocycles. The number of ether oxygens (including phenoxy) is 1. The van der Waals surface area contributed by atoms with Crippen molar-refractivity contribution in [3.05, 3.63) is 42.7 Å². The maximum absolute atomic E-state index is 11.8. The molecule has 6 nitrogen and oxygen atoms in total. The lowest BCUT2D eigenvalue weighted by Gasteiger charge is -2.11. The van der Waals surface area contributed by atoms with E-state index in [4.69, 9.17) is 4.74 Å². The largest absolute Gasteiger partial charge is 0.454 e. The van der Waals surface area contributed by atoms with Crippen molar-refractivity contribution in [1.82, 2.24) is 4.98 Å². The number of pyridine rings is 1. The molecule has 0 spiro atoms. The quantitative estimate of drug-likeness (QED) is 0.848. The predicted molar refractivity (Wildman–Crippen MR) is 77.0 cm³/mol. The van der Waals surface area contributed by atoms with Gasteiger partial charge in [-0.1, -0.05) is 0 Å². The van der Waals surface area contributed by atoms with E-state index in [1.54, 1.807) is 18.3 Å². The van der Waals surface area contributed by atoms with Crippen LogP contribution in [0.15, 0.2) is 52.5 Å². The fourth-order valence-electron chi connectivity index (χ4n) is 1.63. The van der Waals surface area contributed by atoms with Gasteiger partial charge in [0.05, 0.1) is 11.1 Å². The average molecular weight is 327 g/mol. The summed E-state index contributed by atoms with van der Waals surface area (Å²) in [6.07, 6.45) is 4.98. The van der Waals surface area contributed by atoms with Crippen LogP contribution in [0.5, 0.6) is 11.5 Å². The van der Waals surface area contributed by atoms with Gasteiger partial charge in [0, 0.05) is 18.7 Å². The zero-order valence-electron chi connectivity index (χ0n) is 11.3. The fourth-order valence-corrected chi connectivity index (χ4v) is 3.17. The van der Waals surface area contributed by atoms with Crippen LogP contribution < -0.4 is 4.74 Å². The standard InChI is InChI=1S/C13H13NO5S2/c1-20(15,16)11-5-6-12(13(8-11)21(2,17)18)19-10-4-3-7-14-9-10/h3-9H,1-2H3. The number of rotatable bonds is 4. The molecule has 2 aromatic rings. The molecule has 1 aromatic heterocycles. The van der Waals surface area contributed by atoms with Gasteiger partial charge in [0.15, 0.2) is 19.7 Å². The summed E-state index contributed by atoms with van der Waals surface area (Å²) in [7, 11) is -7.15. The molecule has 0 fully saturated rings. The third kappa shape index (κ3) is 3.79. The fraction of sp³-hybridized carbons (Fsp3) is 0.154. The van der Waals surface area contributed by atoms with E-state index in [9.17, 15) is 16.8 Å². The van der Waals surface area contributed by atoms with Crippen molar-refractivity contribution in [2.75, 3.05) is 12.5 Å². The minimum absolute atomic E-state index is 0.0536. The predicted octanol–water partition coefficient (Wildman–Crippen LogP) is 1.68. The number of hydrogen-bond donors (Lipinski definition) is 0. The third-order valence-corrected chi connectivity index (χ3v) is 4.83. The summed E-state index contributed by atoms with van der Waals surface area (Å²) in [6.45, 7) is 0. The van der Waals surface area contributed by atoms with Crippen molar-refractivity contribution in [3.63, 3.8) is 0 Å². The Balaban J connectivity index is 2.57. The molecule has 2 rings (SSSR count). The zero-order valence-corrected chi connectivity index (χ0v) is 13.0. The molecule has 8 heteroatoms. The molecule has 112 valence electrons. The summed E-state index contributed by atoms with van der Waals surface area (Å²) < 4.78 is 52.2. The van der Waals surface area contributed by atoms with Gasteiger partial charge >= 0.3 is 0 Å². The Hall–Kier alpha value is -1.93. The number of sulfone groups is 2. The topological polar surface area (TPSA) is 90.4 Å². The summed E-state index contributed by atoms with van der Waals surface area (Å²) in [5, 5.41) is 0. The van der Waals surface area contributed by atoms with Gasteiger partial charge in [-0.15, -0.1) is 0 Å². The first-order chi connectivity index (χ1) is 9.68. The summed E-state index contributed by atoms with van der Waals surface area (Å²) in [5.41, 5.74) is 0. The van der Waals surface area contributed by atoms with Crippen molar-refractivity contribution in [2.24, 2.45) is 0 Å². The van der Waals surface area contributed by atoms with E-state index < -0.39 is 19.7 Å². The van der Waals surface area contributed by atoms with Crippen molar-refractivity contribution < 1.29 is 21.6 Å². The van der Waals surface area contributed by atoms with Crippen LogP contribution >= 0.6 is 0 Å². The van der Waals surface area contributed by atoms with E-state index in [1.807, 2.05) is 0 Å². The minimum Gasteiger partial charge on any atom is -0.454 e. The smallest absolute Gasteiger partial charge is 0.179 e. The first kappa shape index (κ1) is 15.5. The molecular weight excluding hydrogens is 314 g/mol. The van der Waals surface area contributed by atoms with Crippen LogP contribution in [0.3, 0.4) is 0 Å². The van der Waals surface area contributed by atoms with Gasteiger partial charge in [0.2, 0.25) is 0 Å². The highest BCUT2D eigenvalue weighted by Gasteiger charge is 2.19. The van der Waals surface area contributed by atoms with Gasteiger partial charge in [-0.05, 0) is 30.3 Å². The van der Waals surface area contributed by atoms with Crippen LogP contribution in [0.1, 0.15) is 0 Å². The van der Waals surface area contributed by atoms with Crippen LogP contribution in [0.4, 0.5) is 0 Å². The monoisotopic (exact) mass is 327 g/mol. The summed E-state index contributed by atoms with van der Waals surface area (Å²) in [5.74, 6) is 0.410. The molecule has 0 atom stereocenters. The minimum atomic E-state index is -3.65. The number of aromatic nitrogens is 1. The molecule has 0 unspecified atom stereocenters. The van der Waals surface area contributed by atoms with E-state index in [0.29, 0.717) is 5.75 Å². The molecule has 0 saturated heterocycles. The van der Waals surface area contributed by atoms with Crippen molar-refractivity contribution in [1.29, 1.82) is 0 Å². The molecule has 0 radical (unpaired) electrons. The molecule has 0 aliphatic rings. The molecule has 0 saturated carbocycles. The molecule has 0 bridgehead atoms. The molecule has 1 heterocycles. The first-order valence-corrected chi connectivity index (χ1v) is 9.58. The average Bonchev–Trinajstić information content (AvgIpc) is 2.38. The molecule has 0 N–H and O–H groups in total. The lowest BCUT2D eigenvalue weighted by molar-refractivity contribution is 0.465. The van der Waals surface area contributed by atoms with Crippen LogP contribution in [0, 0.1) is 0 Å². The Labute approximate surface area is 123 Å². The lowest BCUT2D eigenvalue weighted by Crippen LogP contribution is -2.04. The van der Waals surface area contributed by atoms with Crippen LogP contribution in [-0.2, 0) is 19.7 Å². The van der Waals surface area contributed by atoms with E-state index in [0.717, 1.165) is 18.6 Å². The second-order valence-electron chi connectivity index (χ2n) is 4.44. The Morgan fingerprint density at radius 3 is 2.24 bits per heavy atom. The number of benzene rings is 1. The van der Waals surface area contributed by atoms with E-state index >= 15 is 0 Å². The second kappa shape index (κ2) is 5.45. The Morgan fingerprint density at radius 1 is 1.00 bits per heavy atom. The highest BCUT2D eigenvalue weighted by Crippen LogP contribution is 2.30. The Kier molecular flexibility index (Phi) is 4.02. The highest BCUT2D eigenvalue weighted by atomic mass is 32.2. The Morgan fingerprint density at radius 2 is 1.71 bits per heavy atom. The zero-order chi connectivity index (χ0) is 15.7. The van der Waals surface area contributed by atoms with Gasteiger partial charge < -0.3 is 4.74 Å². The maximum atomic E-state index is 11.8. The number of nitrogens with zero attached hydrogens (tertiary/aromatic N) is 1. The van der Waals surface area contributed by atoms with E-state index in [2.05, 4.69) is 4.98 Å². The molecule has 0 aliphatic carbocycles. The van der Waals surface area contributed by atoms with Crippen molar-refractivity contribution in [3.8, 4) is 11.5 Å². The highest BCUT2D eigenvalue weighted by molar-refractivity contribution is 7.91. The second-order valence-corrected chi connectivity index (χ2v) is 8.44. The maximum Gasteiger partial charge on any atom is 0.179 e. The van der Waals surface area contributed by atoms with Gasteiger partial charge in [-0.25, -0.2) is 16.8 Å². The molecule has 21 heavy (non-hydrogen) atoms. The lowest BCUT2D eigenvalue weighted by atomic mass is 10.3. The van der Waals surface area contributed by atoms with Gasteiger partial charge in [-0.2, -0.15) is 0 Å². The van der Waals surface area contributed by atoms with Crippen LogP contribution in [0.25, 0.3) is 0 Å². The Bertz CT molecular complexity index is 859. The van der Waals surface area contributed by atoms with E-state index in [-0.39, 0.29) is 15.5 Å². The first-order valence-electron chi connectivity index (χ1n) is 5.80. The molecular formula is C13H13NO5S2. The van der Waals surface area contributed by atoms with Crippen LogP contribution in [0.2, 0.25) is 0 Å². The summed E-state index contributed by atoms with van der Waals surface area (Å²) >= 11 is 0. The van der Waals surface area contributed by atoms with Crippen molar-refractivity contribution >= 4 is 19.7 Å². The van der Waals surface area contributed by atoms with Gasteiger partial charge in [0.25, 0.3) is 0 Å². The van der Waals surface area contributed by atoms with E-state index in [1.165, 1.54) is 18.3 Å². The summed E-state index contributed by atoms with van der Waals surface area (Å²) in [4.78, 5) is 3.59. The van der Waals surface area contributed by atoms with Crippen LogP contribution in [-0.4, -0.2) is 34.3 Å². The number of hydrogen-bond acceptors (Lipinski definition) is 6. The normalized spacial score (nSPS) is 12.1. The molecule has 1 aromatic carbocycles. The van der Waals surface area contributed by atoms with Crippen molar-refractivity contribution in [2.45, 2.75) is 9.79 Å². The molecule has 0 amide bonds. The third-order valence-electron chi connectivity index (χ3n) is 2.61. The summed E-state index contributed by atoms with van der Waals surface area (Å²) in [6, 6.07) is 6.97. The van der Waals surface area contributed by atoms with Gasteiger partial charge in [0.1, 0.15) is 16.4 Å². The van der Waals surface area contributed by atoms with Gasteiger partial charge in [-0.3, -0.25) is 4.98 Å².